The van der Waals surface area contributed by atoms with Crippen molar-refractivity contribution in [3.05, 3.63) is 88.5 Å². The van der Waals surface area contributed by atoms with E-state index in [2.05, 4.69) is 25.4 Å². The van der Waals surface area contributed by atoms with E-state index < -0.39 is 54.4 Å². The summed E-state index contributed by atoms with van der Waals surface area (Å²) >= 11 is 0. The second kappa shape index (κ2) is 19.7. The number of amides is 1. The third kappa shape index (κ3) is 12.5. The Morgan fingerprint density at radius 2 is 1.67 bits per heavy atom. The molecule has 18 heteroatoms. The van der Waals surface area contributed by atoms with E-state index in [1.165, 1.54) is 10.9 Å². The van der Waals surface area contributed by atoms with Crippen LogP contribution in [0.2, 0.25) is 0 Å². The van der Waals surface area contributed by atoms with Gasteiger partial charge in [0.1, 0.15) is 36.4 Å². The fourth-order valence-electron chi connectivity index (χ4n) is 6.23. The molecule has 5 rings (SSSR count). The number of nitrogens with two attached hydrogens (primary N) is 1. The number of nitrogen functional groups attached to an aromatic ring is 1. The normalized spacial score (nSPS) is 17.9. The van der Waals surface area contributed by atoms with Crippen LogP contribution in [-0.4, -0.2) is 75.1 Å². The predicted octanol–water partition coefficient (Wildman–Crippen LogP) is 6.41. The Balaban J connectivity index is 1.47. The number of carbonyl (C=O) groups is 3. The van der Waals surface area contributed by atoms with Crippen molar-refractivity contribution >= 4 is 49.1 Å². The lowest BCUT2D eigenvalue weighted by atomic mass is 10.0. The van der Waals surface area contributed by atoms with Crippen LogP contribution in [0.3, 0.4) is 0 Å². The number of hydrogen-bond donors (Lipinski definition) is 4. The first-order valence-corrected chi connectivity index (χ1v) is 21.5. The summed E-state index contributed by atoms with van der Waals surface area (Å²) in [5.41, 5.74) is 5.06. The van der Waals surface area contributed by atoms with Crippen molar-refractivity contribution in [3.63, 3.8) is 0 Å². The van der Waals surface area contributed by atoms with Crippen molar-refractivity contribution < 1.29 is 42.2 Å². The standard InChI is InChI=1S/C42H56N7O10P/c1-8-28(9-2)23-55-37(51)32(20-29-16-12-10-13-17-29)48-60(54,59-31-18-14-11-15-19-31)57-25-42(24-56-38(52)33(27(3)4)45-40(53)58-41(5,6)7)21-30(42)22-49-26-44-34-35(49)46-39(43)47-36(34)50/h10-19,22,26-28,32-33H,8-9,20-21,23-25H2,1-7H3,(H,45,53)(H,48,54)(H3,43,46,47,50)/b30-22-/t32-,33-,42?,60-/m0/s1. The number of alkyl carbamates (subject to hydrolysis) is 1. The minimum atomic E-state index is -4.46. The molecule has 2 aromatic heterocycles. The van der Waals surface area contributed by atoms with Gasteiger partial charge >= 0.3 is 25.8 Å². The molecule has 0 radical (unpaired) electrons. The van der Waals surface area contributed by atoms with E-state index in [1.807, 2.05) is 44.2 Å². The number of hydrogen-bond acceptors (Lipinski definition) is 13. The number of aromatic amines is 1. The molecule has 0 bridgehead atoms. The third-order valence-corrected chi connectivity index (χ3v) is 11.4. The topological polar surface area (TPSA) is 228 Å². The van der Waals surface area contributed by atoms with Crippen molar-refractivity contribution in [2.45, 2.75) is 91.8 Å². The van der Waals surface area contributed by atoms with Gasteiger partial charge in [0.15, 0.2) is 11.2 Å². The lowest BCUT2D eigenvalue weighted by molar-refractivity contribution is -0.149. The van der Waals surface area contributed by atoms with E-state index in [-0.39, 0.29) is 67.4 Å². The number of para-hydroxylation sites is 1. The fraction of sp³-hybridized carbons (Fsp3) is 0.476. The predicted molar refractivity (Wildman–Crippen MR) is 226 cm³/mol. The summed E-state index contributed by atoms with van der Waals surface area (Å²) in [6, 6.07) is 15.3. The highest BCUT2D eigenvalue weighted by atomic mass is 31.2. The molecular formula is C42H56N7O10P. The molecule has 1 fully saturated rings. The monoisotopic (exact) mass is 849 g/mol. The lowest BCUT2D eigenvalue weighted by Gasteiger charge is -2.27. The molecule has 324 valence electrons. The number of imidazole rings is 1. The van der Waals surface area contributed by atoms with E-state index in [0.29, 0.717) is 5.57 Å². The molecule has 4 atom stereocenters. The van der Waals surface area contributed by atoms with Gasteiger partial charge in [-0.25, -0.2) is 19.1 Å². The summed E-state index contributed by atoms with van der Waals surface area (Å²) in [6.45, 7) is 12.2. The molecule has 1 unspecified atom stereocenters. The number of ether oxygens (including phenoxy) is 3. The lowest BCUT2D eigenvalue weighted by Crippen LogP contribution is -2.47. The van der Waals surface area contributed by atoms with Gasteiger partial charge in [-0.3, -0.25) is 23.7 Å². The van der Waals surface area contributed by atoms with E-state index >= 15 is 4.57 Å². The summed E-state index contributed by atoms with van der Waals surface area (Å²) in [5, 5.41) is 5.50. The number of anilines is 1. The number of fused-ring (bicyclic) bond motifs is 1. The molecule has 60 heavy (non-hydrogen) atoms. The second-order valence-electron chi connectivity index (χ2n) is 16.2. The molecule has 1 amide bonds. The zero-order chi connectivity index (χ0) is 43.7. The summed E-state index contributed by atoms with van der Waals surface area (Å²) in [4.78, 5) is 63.5. The first kappa shape index (κ1) is 45.6. The molecule has 0 aliphatic heterocycles. The van der Waals surface area contributed by atoms with Crippen molar-refractivity contribution in [3.8, 4) is 5.75 Å². The van der Waals surface area contributed by atoms with Crippen LogP contribution in [0.4, 0.5) is 10.7 Å². The van der Waals surface area contributed by atoms with Gasteiger partial charge in [-0.1, -0.05) is 89.1 Å². The van der Waals surface area contributed by atoms with Gasteiger partial charge in [-0.05, 0) is 68.7 Å². The number of esters is 2. The van der Waals surface area contributed by atoms with E-state index in [1.54, 1.807) is 71.2 Å². The Hall–Kier alpha value is -5.51. The molecule has 4 aromatic rings. The Morgan fingerprint density at radius 3 is 2.30 bits per heavy atom. The zero-order valence-corrected chi connectivity index (χ0v) is 36.0. The molecule has 1 saturated carbocycles. The zero-order valence-electron chi connectivity index (χ0n) is 35.1. The minimum absolute atomic E-state index is 0.0495. The van der Waals surface area contributed by atoms with Gasteiger partial charge in [0.05, 0.1) is 18.6 Å². The van der Waals surface area contributed by atoms with Crippen LogP contribution in [-0.2, 0) is 39.3 Å². The summed E-state index contributed by atoms with van der Waals surface area (Å²) in [5.74, 6) is -1.51. The summed E-state index contributed by atoms with van der Waals surface area (Å²) in [7, 11) is -4.46. The maximum Gasteiger partial charge on any atom is 0.459 e. The number of nitrogens with zero attached hydrogens (tertiary/aromatic N) is 3. The number of benzene rings is 2. The quantitative estimate of drug-likeness (QED) is 0.0428. The van der Waals surface area contributed by atoms with Crippen molar-refractivity contribution in [1.29, 1.82) is 0 Å². The highest BCUT2D eigenvalue weighted by molar-refractivity contribution is 7.52. The van der Waals surface area contributed by atoms with Crippen LogP contribution < -0.4 is 26.2 Å². The van der Waals surface area contributed by atoms with Crippen LogP contribution in [0.1, 0.15) is 73.3 Å². The average Bonchev–Trinajstić information content (AvgIpc) is 3.73. The van der Waals surface area contributed by atoms with Crippen molar-refractivity contribution in [1.82, 2.24) is 29.9 Å². The Labute approximate surface area is 349 Å². The number of rotatable bonds is 20. The molecule has 5 N–H and O–H groups in total. The number of carbonyl (C=O) groups excluding carboxylic acids is 3. The van der Waals surface area contributed by atoms with Crippen LogP contribution in [0.5, 0.6) is 5.75 Å². The molecule has 2 aromatic carbocycles. The Bertz CT molecular complexity index is 2240. The fourth-order valence-corrected chi connectivity index (χ4v) is 7.81. The second-order valence-corrected chi connectivity index (χ2v) is 17.9. The molecule has 1 aliphatic carbocycles. The first-order valence-electron chi connectivity index (χ1n) is 20.0. The minimum Gasteiger partial charge on any atom is -0.464 e. The van der Waals surface area contributed by atoms with E-state index in [9.17, 15) is 19.2 Å². The maximum atomic E-state index is 15.0. The molecule has 0 saturated heterocycles. The van der Waals surface area contributed by atoms with Gasteiger partial charge in [0.25, 0.3) is 5.56 Å². The smallest absolute Gasteiger partial charge is 0.459 e. The van der Waals surface area contributed by atoms with Crippen LogP contribution >= 0.6 is 7.75 Å². The van der Waals surface area contributed by atoms with E-state index in [4.69, 9.17) is 29.0 Å². The van der Waals surface area contributed by atoms with Crippen molar-refractivity contribution in [2.24, 2.45) is 17.3 Å². The molecule has 0 spiro atoms. The van der Waals surface area contributed by atoms with Crippen molar-refractivity contribution in [2.75, 3.05) is 25.6 Å². The Morgan fingerprint density at radius 1 is 1.00 bits per heavy atom. The SMILES string of the molecule is CCC(CC)COC(=O)[C@H](Cc1ccccc1)N[P@](=O)(OCC1(COC(=O)[C@@H](NC(=O)OC(C)(C)C)C(C)C)C/C1=C/n1cnc2c(=O)[nH]c(N)nc21)Oc1ccccc1. The molecular weight excluding hydrogens is 793 g/mol. The van der Waals surface area contributed by atoms with Gasteiger partial charge in [0.2, 0.25) is 5.95 Å². The van der Waals surface area contributed by atoms with Gasteiger partial charge in [0, 0.05) is 6.20 Å². The largest absolute Gasteiger partial charge is 0.464 e. The number of H-pyrrole nitrogens is 1. The third-order valence-electron chi connectivity index (χ3n) is 9.89. The Kier molecular flexibility index (Phi) is 15.0. The number of aromatic nitrogens is 4. The summed E-state index contributed by atoms with van der Waals surface area (Å²) in [6.07, 6.45) is 4.25. The van der Waals surface area contributed by atoms with Crippen LogP contribution in [0.15, 0.2) is 77.4 Å². The molecule has 1 aliphatic rings. The van der Waals surface area contributed by atoms with Crippen LogP contribution in [0, 0.1) is 17.3 Å². The highest BCUT2D eigenvalue weighted by Crippen LogP contribution is 2.57. The highest BCUT2D eigenvalue weighted by Gasteiger charge is 2.53. The maximum absolute atomic E-state index is 15.0. The molecule has 17 nitrogen and oxygen atoms in total. The van der Waals surface area contributed by atoms with Crippen LogP contribution in [0.25, 0.3) is 17.4 Å². The molecule has 2 heterocycles. The average molecular weight is 850 g/mol. The van der Waals surface area contributed by atoms with Gasteiger partial charge in [-0.15, -0.1) is 0 Å². The number of nitrogens with one attached hydrogen (secondary N) is 3. The van der Waals surface area contributed by atoms with Gasteiger partial charge < -0.3 is 29.8 Å². The van der Waals surface area contributed by atoms with Gasteiger partial charge in [-0.2, -0.15) is 10.1 Å². The van der Waals surface area contributed by atoms with E-state index in [0.717, 1.165) is 18.4 Å². The summed E-state index contributed by atoms with van der Waals surface area (Å²) < 4.78 is 45.9. The first-order chi connectivity index (χ1) is 28.4.